The lowest BCUT2D eigenvalue weighted by Gasteiger charge is -2.28. The van der Waals surface area contributed by atoms with E-state index in [1.165, 1.54) is 0 Å². The molecule has 1 aliphatic heterocycles. The van der Waals surface area contributed by atoms with Gasteiger partial charge in [-0.2, -0.15) is 0 Å². The zero-order chi connectivity index (χ0) is 25.1. The van der Waals surface area contributed by atoms with Crippen molar-refractivity contribution in [2.45, 2.75) is 5.92 Å². The first-order valence-corrected chi connectivity index (χ1v) is 12.4. The Labute approximate surface area is 222 Å². The largest absolute Gasteiger partial charge is 0.497 e. The summed E-state index contributed by atoms with van der Waals surface area (Å²) < 4.78 is 13.6. The van der Waals surface area contributed by atoms with E-state index in [-0.39, 0.29) is 5.92 Å². The van der Waals surface area contributed by atoms with Gasteiger partial charge in [0.1, 0.15) is 17.8 Å². The molecule has 2 aromatic heterocycles. The monoisotopic (exact) mass is 524 g/mol. The molecule has 0 radical (unpaired) electrons. The second-order valence-electron chi connectivity index (χ2n) is 8.80. The number of hydrogen-bond acceptors (Lipinski definition) is 5. The molecular weight excluding hydrogens is 507 g/mol. The minimum atomic E-state index is -0.191. The number of benzene rings is 4. The molecule has 4 aromatic carbocycles. The van der Waals surface area contributed by atoms with Crippen LogP contribution in [-0.2, 0) is 0 Å². The fourth-order valence-corrected chi connectivity index (χ4v) is 5.47. The summed E-state index contributed by atoms with van der Waals surface area (Å²) in [7, 11) is 1.66. The summed E-state index contributed by atoms with van der Waals surface area (Å²) in [5.41, 5.74) is 4.25. The van der Waals surface area contributed by atoms with E-state index in [0.717, 1.165) is 39.0 Å². The Kier molecular flexibility index (Phi) is 5.06. The second kappa shape index (κ2) is 8.47. The molecule has 0 bridgehead atoms. The smallest absolute Gasteiger partial charge is 0.228 e. The zero-order valence-electron chi connectivity index (χ0n) is 19.5. The summed E-state index contributed by atoms with van der Waals surface area (Å²) in [6.07, 6.45) is 1.62. The Bertz CT molecular complexity index is 1830. The molecule has 37 heavy (non-hydrogen) atoms. The van der Waals surface area contributed by atoms with E-state index in [2.05, 4.69) is 46.5 Å². The van der Waals surface area contributed by atoms with Gasteiger partial charge in [-0.1, -0.05) is 71.7 Å². The van der Waals surface area contributed by atoms with Gasteiger partial charge in [-0.3, -0.25) is 0 Å². The van der Waals surface area contributed by atoms with Crippen LogP contribution in [0.2, 0.25) is 10.0 Å². The molecule has 6 aromatic rings. The third-order valence-electron chi connectivity index (χ3n) is 6.72. The van der Waals surface area contributed by atoms with Crippen LogP contribution < -0.4 is 9.47 Å². The van der Waals surface area contributed by atoms with Crippen LogP contribution in [0, 0.1) is 0 Å². The summed E-state index contributed by atoms with van der Waals surface area (Å²) >= 11 is 12.6. The van der Waals surface area contributed by atoms with E-state index in [1.54, 1.807) is 30.1 Å². The van der Waals surface area contributed by atoms with Crippen molar-refractivity contribution in [1.29, 1.82) is 0 Å². The van der Waals surface area contributed by atoms with Gasteiger partial charge in [0.25, 0.3) is 0 Å². The highest BCUT2D eigenvalue weighted by Crippen LogP contribution is 2.50. The summed E-state index contributed by atoms with van der Waals surface area (Å²) in [6, 6.07) is 25.7. The highest BCUT2D eigenvalue weighted by molar-refractivity contribution is 6.36. The fraction of sp³-hybridized carbons (Fsp3) is 0.0690. The van der Waals surface area contributed by atoms with Crippen LogP contribution >= 0.6 is 23.2 Å². The normalized spacial score (nSPS) is 14.3. The molecule has 0 aliphatic carbocycles. The lowest BCUT2D eigenvalue weighted by atomic mass is 9.83. The summed E-state index contributed by atoms with van der Waals surface area (Å²) in [6.45, 7) is 0. The zero-order valence-corrected chi connectivity index (χ0v) is 21.0. The van der Waals surface area contributed by atoms with E-state index in [4.69, 9.17) is 37.7 Å². The van der Waals surface area contributed by atoms with Crippen LogP contribution in [0.15, 0.2) is 85.2 Å². The first-order valence-electron chi connectivity index (χ1n) is 11.6. The van der Waals surface area contributed by atoms with Crippen molar-refractivity contribution < 1.29 is 9.47 Å². The molecule has 7 rings (SSSR count). The Morgan fingerprint density at radius 2 is 1.78 bits per heavy atom. The van der Waals surface area contributed by atoms with E-state index < -0.39 is 0 Å². The van der Waals surface area contributed by atoms with Gasteiger partial charge < -0.3 is 9.47 Å². The minimum absolute atomic E-state index is 0.191. The number of halogens is 2. The predicted molar refractivity (Wildman–Crippen MR) is 144 cm³/mol. The maximum absolute atomic E-state index is 6.49. The second-order valence-corrected chi connectivity index (χ2v) is 9.65. The van der Waals surface area contributed by atoms with Gasteiger partial charge in [0.05, 0.1) is 17.7 Å². The lowest BCUT2D eigenvalue weighted by Crippen LogP contribution is -2.15. The number of nitrogens with zero attached hydrogens (tertiary/aromatic N) is 4. The van der Waals surface area contributed by atoms with Gasteiger partial charge in [0.2, 0.25) is 5.88 Å². The molecule has 3 heterocycles. The average molecular weight is 525 g/mol. The van der Waals surface area contributed by atoms with Crippen molar-refractivity contribution in [1.82, 2.24) is 19.6 Å². The third-order valence-corrected chi connectivity index (χ3v) is 7.26. The minimum Gasteiger partial charge on any atom is -0.497 e. The first kappa shape index (κ1) is 22.1. The maximum Gasteiger partial charge on any atom is 0.228 e. The Morgan fingerprint density at radius 3 is 2.59 bits per heavy atom. The molecular formula is C29H18Cl2N4O2. The molecule has 0 spiro atoms. The van der Waals surface area contributed by atoms with Gasteiger partial charge >= 0.3 is 0 Å². The SMILES string of the molecule is COc1ccc(C2c3ccc4ccccc4c3Oc3ncn4nc(-c5ccc(Cl)cc5Cl)nc4c32)cc1. The molecule has 0 saturated heterocycles. The van der Waals surface area contributed by atoms with Gasteiger partial charge in [-0.05, 0) is 41.3 Å². The quantitative estimate of drug-likeness (QED) is 0.239. The van der Waals surface area contributed by atoms with Gasteiger partial charge in [0.15, 0.2) is 11.5 Å². The van der Waals surface area contributed by atoms with Crippen molar-refractivity contribution in [3.8, 4) is 28.8 Å². The molecule has 1 atom stereocenters. The third kappa shape index (κ3) is 3.52. The van der Waals surface area contributed by atoms with Crippen LogP contribution in [0.4, 0.5) is 0 Å². The van der Waals surface area contributed by atoms with E-state index in [9.17, 15) is 0 Å². The highest BCUT2D eigenvalue weighted by Gasteiger charge is 2.34. The van der Waals surface area contributed by atoms with Crippen LogP contribution in [0.25, 0.3) is 27.8 Å². The summed E-state index contributed by atoms with van der Waals surface area (Å²) in [5.74, 6) is 2.37. The highest BCUT2D eigenvalue weighted by atomic mass is 35.5. The van der Waals surface area contributed by atoms with Crippen LogP contribution in [0.5, 0.6) is 17.4 Å². The molecule has 1 unspecified atom stereocenters. The summed E-state index contributed by atoms with van der Waals surface area (Å²) in [4.78, 5) is 9.58. The molecule has 0 amide bonds. The Balaban J connectivity index is 1.49. The number of hydrogen-bond donors (Lipinski definition) is 0. The molecule has 0 fully saturated rings. The number of aromatic nitrogens is 4. The molecule has 1 aliphatic rings. The van der Waals surface area contributed by atoms with Crippen LogP contribution in [0.1, 0.15) is 22.6 Å². The molecule has 180 valence electrons. The topological polar surface area (TPSA) is 61.5 Å². The number of ether oxygens (including phenoxy) is 2. The Morgan fingerprint density at radius 1 is 0.946 bits per heavy atom. The fourth-order valence-electron chi connectivity index (χ4n) is 4.97. The molecule has 0 N–H and O–H groups in total. The van der Waals surface area contributed by atoms with Gasteiger partial charge in [-0.25, -0.2) is 14.5 Å². The van der Waals surface area contributed by atoms with Crippen LogP contribution in [-0.4, -0.2) is 26.7 Å². The lowest BCUT2D eigenvalue weighted by molar-refractivity contribution is 0.414. The molecule has 6 nitrogen and oxygen atoms in total. The predicted octanol–water partition coefficient (Wildman–Crippen LogP) is 7.55. The average Bonchev–Trinajstić information content (AvgIpc) is 3.36. The molecule has 8 heteroatoms. The van der Waals surface area contributed by atoms with E-state index in [1.807, 2.05) is 30.3 Å². The van der Waals surface area contributed by atoms with Crippen molar-refractivity contribution in [2.75, 3.05) is 7.11 Å². The summed E-state index contributed by atoms with van der Waals surface area (Å²) in [5, 5.41) is 7.84. The van der Waals surface area contributed by atoms with Crippen molar-refractivity contribution in [2.24, 2.45) is 0 Å². The van der Waals surface area contributed by atoms with Crippen molar-refractivity contribution >= 4 is 39.6 Å². The standard InChI is InChI=1S/C29H18Cl2N4O2/c1-36-19-10-6-17(7-11-19)24-22-12-8-16-4-2-3-5-20(16)26(22)37-29-25(24)28-33-27(34-35(28)15-32-29)21-13-9-18(30)14-23(21)31/h2-15,24H,1H3. The van der Waals surface area contributed by atoms with Gasteiger partial charge in [0, 0.05) is 27.5 Å². The molecule has 0 saturated carbocycles. The van der Waals surface area contributed by atoms with E-state index in [0.29, 0.717) is 33.0 Å². The van der Waals surface area contributed by atoms with Crippen molar-refractivity contribution in [3.05, 3.63) is 112 Å². The number of rotatable bonds is 3. The number of methoxy groups -OCH3 is 1. The first-order chi connectivity index (χ1) is 18.1. The van der Waals surface area contributed by atoms with E-state index >= 15 is 0 Å². The van der Waals surface area contributed by atoms with Crippen molar-refractivity contribution in [3.63, 3.8) is 0 Å². The Hall–Kier alpha value is -4.13. The maximum atomic E-state index is 6.49. The van der Waals surface area contributed by atoms with Crippen LogP contribution in [0.3, 0.4) is 0 Å². The number of fused-ring (bicyclic) bond motifs is 6. The van der Waals surface area contributed by atoms with Gasteiger partial charge in [-0.15, -0.1) is 5.10 Å².